The summed E-state index contributed by atoms with van der Waals surface area (Å²) < 4.78 is 5.40. The second kappa shape index (κ2) is 6.17. The second-order valence-electron chi connectivity index (χ2n) is 5.40. The first-order valence-corrected chi connectivity index (χ1v) is 7.43. The normalized spacial score (nSPS) is 23.1. The van der Waals surface area contributed by atoms with Gasteiger partial charge in [-0.05, 0) is 38.6 Å². The summed E-state index contributed by atoms with van der Waals surface area (Å²) in [6.07, 6.45) is 9.23. The third-order valence-corrected chi connectivity index (χ3v) is 3.91. The van der Waals surface area contributed by atoms with Crippen LogP contribution in [0.3, 0.4) is 0 Å². The molecule has 0 spiro atoms. The molecule has 0 aromatic carbocycles. The Hall–Kier alpha value is -1.69. The number of aromatic amines is 1. The first-order valence-electron chi connectivity index (χ1n) is 7.43. The van der Waals surface area contributed by atoms with E-state index in [1.54, 1.807) is 12.4 Å². The average molecular weight is 275 g/mol. The SMILES string of the molecule is CCCNC1CCC(c2nc(-c3ncc[nH]3)no2)CC1. The maximum atomic E-state index is 5.40. The lowest BCUT2D eigenvalue weighted by molar-refractivity contribution is 0.283. The van der Waals surface area contributed by atoms with Gasteiger partial charge in [-0.1, -0.05) is 12.1 Å². The number of hydrogen-bond acceptors (Lipinski definition) is 5. The van der Waals surface area contributed by atoms with E-state index < -0.39 is 0 Å². The molecule has 3 rings (SSSR count). The summed E-state index contributed by atoms with van der Waals surface area (Å²) in [5.41, 5.74) is 0. The van der Waals surface area contributed by atoms with Crippen molar-refractivity contribution in [1.82, 2.24) is 25.4 Å². The lowest BCUT2D eigenvalue weighted by Gasteiger charge is -2.27. The van der Waals surface area contributed by atoms with Gasteiger partial charge in [-0.3, -0.25) is 0 Å². The van der Waals surface area contributed by atoms with Crippen LogP contribution in [0.25, 0.3) is 11.6 Å². The number of rotatable bonds is 5. The monoisotopic (exact) mass is 275 g/mol. The van der Waals surface area contributed by atoms with Gasteiger partial charge in [-0.15, -0.1) is 0 Å². The number of nitrogens with zero attached hydrogens (tertiary/aromatic N) is 3. The summed E-state index contributed by atoms with van der Waals surface area (Å²) in [4.78, 5) is 11.6. The Morgan fingerprint density at radius 1 is 1.35 bits per heavy atom. The summed E-state index contributed by atoms with van der Waals surface area (Å²) in [6.45, 7) is 3.31. The minimum absolute atomic E-state index is 0.394. The number of aromatic nitrogens is 4. The van der Waals surface area contributed by atoms with Gasteiger partial charge in [0.25, 0.3) is 0 Å². The molecule has 6 nitrogen and oxygen atoms in total. The molecule has 6 heteroatoms. The minimum atomic E-state index is 0.394. The fraction of sp³-hybridized carbons (Fsp3) is 0.643. The molecule has 0 atom stereocenters. The first-order chi connectivity index (χ1) is 9.86. The molecule has 0 saturated heterocycles. The van der Waals surface area contributed by atoms with Crippen molar-refractivity contribution in [3.8, 4) is 11.6 Å². The minimum Gasteiger partial charge on any atom is -0.342 e. The molecule has 1 aliphatic carbocycles. The molecule has 1 aliphatic rings. The zero-order chi connectivity index (χ0) is 13.8. The third kappa shape index (κ3) is 2.90. The second-order valence-corrected chi connectivity index (χ2v) is 5.40. The zero-order valence-electron chi connectivity index (χ0n) is 11.8. The van der Waals surface area contributed by atoms with Crippen LogP contribution in [0.1, 0.15) is 50.8 Å². The Morgan fingerprint density at radius 2 is 2.20 bits per heavy atom. The van der Waals surface area contributed by atoms with Crippen molar-refractivity contribution in [3.05, 3.63) is 18.3 Å². The summed E-state index contributed by atoms with van der Waals surface area (Å²) in [5.74, 6) is 2.37. The topological polar surface area (TPSA) is 79.6 Å². The highest BCUT2D eigenvalue weighted by atomic mass is 16.5. The molecule has 1 fully saturated rings. The van der Waals surface area contributed by atoms with Crippen LogP contribution in [0.2, 0.25) is 0 Å². The van der Waals surface area contributed by atoms with E-state index >= 15 is 0 Å². The summed E-state index contributed by atoms with van der Waals surface area (Å²) >= 11 is 0. The third-order valence-electron chi connectivity index (χ3n) is 3.91. The fourth-order valence-corrected chi connectivity index (χ4v) is 2.78. The van der Waals surface area contributed by atoms with E-state index in [0.717, 1.165) is 25.3 Å². The molecule has 0 bridgehead atoms. The largest absolute Gasteiger partial charge is 0.342 e. The maximum Gasteiger partial charge on any atom is 0.238 e. The number of hydrogen-bond donors (Lipinski definition) is 2. The molecule has 2 aromatic rings. The van der Waals surface area contributed by atoms with Crippen LogP contribution in [0.4, 0.5) is 0 Å². The van der Waals surface area contributed by atoms with Crippen LogP contribution >= 0.6 is 0 Å². The highest BCUT2D eigenvalue weighted by Crippen LogP contribution is 2.32. The van der Waals surface area contributed by atoms with Crippen LogP contribution in [-0.2, 0) is 0 Å². The standard InChI is InChI=1S/C14H21N5O/c1-2-7-15-11-5-3-10(4-6-11)14-18-13(19-20-14)12-16-8-9-17-12/h8-11,15H,2-7H2,1H3,(H,16,17). The van der Waals surface area contributed by atoms with E-state index in [-0.39, 0.29) is 0 Å². The van der Waals surface area contributed by atoms with Gasteiger partial charge in [0, 0.05) is 24.4 Å². The van der Waals surface area contributed by atoms with Gasteiger partial charge >= 0.3 is 0 Å². The van der Waals surface area contributed by atoms with Gasteiger partial charge in [-0.25, -0.2) is 4.98 Å². The van der Waals surface area contributed by atoms with Crippen LogP contribution in [-0.4, -0.2) is 32.7 Å². The van der Waals surface area contributed by atoms with E-state index in [4.69, 9.17) is 4.52 Å². The molecule has 2 N–H and O–H groups in total. The Labute approximate surface area is 118 Å². The van der Waals surface area contributed by atoms with Gasteiger partial charge < -0.3 is 14.8 Å². The van der Waals surface area contributed by atoms with Crippen molar-refractivity contribution in [3.63, 3.8) is 0 Å². The van der Waals surface area contributed by atoms with Gasteiger partial charge in [-0.2, -0.15) is 4.98 Å². The molecule has 0 aliphatic heterocycles. The maximum absolute atomic E-state index is 5.40. The molecular formula is C14H21N5O. The van der Waals surface area contributed by atoms with Crippen molar-refractivity contribution >= 4 is 0 Å². The fourth-order valence-electron chi connectivity index (χ4n) is 2.78. The summed E-state index contributed by atoms with van der Waals surface area (Å²) in [6, 6.07) is 0.652. The van der Waals surface area contributed by atoms with E-state index in [1.807, 2.05) is 0 Å². The Bertz CT molecular complexity index is 513. The molecule has 2 heterocycles. The van der Waals surface area contributed by atoms with Crippen molar-refractivity contribution in [2.45, 2.75) is 51.0 Å². The molecule has 2 aromatic heterocycles. The average Bonchev–Trinajstić information content (AvgIpc) is 3.16. The van der Waals surface area contributed by atoms with Gasteiger partial charge in [0.1, 0.15) is 0 Å². The first kappa shape index (κ1) is 13.3. The highest BCUT2D eigenvalue weighted by Gasteiger charge is 2.26. The highest BCUT2D eigenvalue weighted by molar-refractivity contribution is 5.40. The van der Waals surface area contributed by atoms with Gasteiger partial charge in [0.05, 0.1) is 0 Å². The molecular weight excluding hydrogens is 254 g/mol. The summed E-state index contributed by atoms with van der Waals surface area (Å²) in [7, 11) is 0. The predicted octanol–water partition coefficient (Wildman–Crippen LogP) is 2.49. The number of imidazole rings is 1. The van der Waals surface area contributed by atoms with Crippen LogP contribution in [0.5, 0.6) is 0 Å². The molecule has 0 radical (unpaired) electrons. The van der Waals surface area contributed by atoms with E-state index in [1.165, 1.54) is 19.3 Å². The molecule has 0 amide bonds. The quantitative estimate of drug-likeness (QED) is 0.876. The van der Waals surface area contributed by atoms with E-state index in [2.05, 4.69) is 32.3 Å². The smallest absolute Gasteiger partial charge is 0.238 e. The van der Waals surface area contributed by atoms with E-state index in [0.29, 0.717) is 23.6 Å². The lowest BCUT2D eigenvalue weighted by atomic mass is 9.86. The van der Waals surface area contributed by atoms with E-state index in [9.17, 15) is 0 Å². The van der Waals surface area contributed by atoms with Crippen molar-refractivity contribution in [2.24, 2.45) is 0 Å². The van der Waals surface area contributed by atoms with Gasteiger partial charge in [0.2, 0.25) is 11.7 Å². The predicted molar refractivity (Wildman–Crippen MR) is 75.2 cm³/mol. The van der Waals surface area contributed by atoms with Crippen molar-refractivity contribution < 1.29 is 4.52 Å². The number of H-pyrrole nitrogens is 1. The molecule has 20 heavy (non-hydrogen) atoms. The van der Waals surface area contributed by atoms with Crippen LogP contribution in [0, 0.1) is 0 Å². The summed E-state index contributed by atoms with van der Waals surface area (Å²) in [5, 5.41) is 7.60. The molecule has 108 valence electrons. The Balaban J connectivity index is 1.58. The molecule has 0 unspecified atom stereocenters. The Kier molecular flexibility index (Phi) is 4.11. The molecule has 1 saturated carbocycles. The van der Waals surface area contributed by atoms with Crippen LogP contribution in [0.15, 0.2) is 16.9 Å². The Morgan fingerprint density at radius 3 is 2.90 bits per heavy atom. The van der Waals surface area contributed by atoms with Crippen molar-refractivity contribution in [1.29, 1.82) is 0 Å². The lowest BCUT2D eigenvalue weighted by Crippen LogP contribution is -2.33. The van der Waals surface area contributed by atoms with Crippen LogP contribution < -0.4 is 5.32 Å². The number of nitrogens with one attached hydrogen (secondary N) is 2. The van der Waals surface area contributed by atoms with Gasteiger partial charge in [0.15, 0.2) is 5.82 Å². The van der Waals surface area contributed by atoms with Crippen molar-refractivity contribution in [2.75, 3.05) is 6.54 Å². The zero-order valence-corrected chi connectivity index (χ0v) is 11.8.